The standard InChI is InChI=1S/C16H25N5O2/c1-11-7-15(23-13-3-4-17-8-13)19-9-14(11)20-16(22)21-6-5-18-12(2)10-21/h7,9,12-13,17-18H,3-6,8,10H2,1-2H3,(H,20,22). The number of carbonyl (C=O) groups excluding carboxylic acids is 1. The van der Waals surface area contributed by atoms with Crippen molar-refractivity contribution >= 4 is 11.7 Å². The quantitative estimate of drug-likeness (QED) is 0.773. The molecule has 126 valence electrons. The van der Waals surface area contributed by atoms with E-state index in [1.807, 2.05) is 17.9 Å². The highest BCUT2D eigenvalue weighted by atomic mass is 16.5. The van der Waals surface area contributed by atoms with Crippen molar-refractivity contribution in [1.29, 1.82) is 0 Å². The highest BCUT2D eigenvalue weighted by molar-refractivity contribution is 5.90. The van der Waals surface area contributed by atoms with Crippen molar-refractivity contribution in [2.45, 2.75) is 32.4 Å². The highest BCUT2D eigenvalue weighted by Crippen LogP contribution is 2.20. The van der Waals surface area contributed by atoms with Gasteiger partial charge in [-0.2, -0.15) is 0 Å². The smallest absolute Gasteiger partial charge is 0.321 e. The Labute approximate surface area is 136 Å². The number of ether oxygens (including phenoxy) is 1. The molecule has 2 amide bonds. The number of hydrogen-bond acceptors (Lipinski definition) is 5. The molecule has 7 heteroatoms. The molecule has 2 saturated heterocycles. The van der Waals surface area contributed by atoms with Gasteiger partial charge in [0.15, 0.2) is 0 Å². The van der Waals surface area contributed by atoms with Gasteiger partial charge in [0, 0.05) is 38.3 Å². The van der Waals surface area contributed by atoms with Crippen molar-refractivity contribution in [3.63, 3.8) is 0 Å². The third-order valence-corrected chi connectivity index (χ3v) is 4.29. The first-order valence-electron chi connectivity index (χ1n) is 8.25. The van der Waals surface area contributed by atoms with Crippen LogP contribution in [0.4, 0.5) is 10.5 Å². The summed E-state index contributed by atoms with van der Waals surface area (Å²) in [6.45, 7) is 8.15. The second-order valence-electron chi connectivity index (χ2n) is 6.30. The van der Waals surface area contributed by atoms with Crippen LogP contribution in [0.15, 0.2) is 12.3 Å². The predicted octanol–water partition coefficient (Wildman–Crippen LogP) is 0.956. The minimum absolute atomic E-state index is 0.0723. The van der Waals surface area contributed by atoms with E-state index in [0.717, 1.165) is 43.9 Å². The van der Waals surface area contributed by atoms with Crippen LogP contribution in [0.25, 0.3) is 0 Å². The molecule has 2 atom stereocenters. The average molecular weight is 319 g/mol. The van der Waals surface area contributed by atoms with E-state index in [4.69, 9.17) is 4.74 Å². The number of nitrogens with zero attached hydrogens (tertiary/aromatic N) is 2. The van der Waals surface area contributed by atoms with Gasteiger partial charge < -0.3 is 25.6 Å². The fraction of sp³-hybridized carbons (Fsp3) is 0.625. The molecule has 0 spiro atoms. The molecule has 2 aliphatic heterocycles. The molecule has 1 aromatic heterocycles. The molecule has 3 heterocycles. The largest absolute Gasteiger partial charge is 0.473 e. The fourth-order valence-corrected chi connectivity index (χ4v) is 2.94. The van der Waals surface area contributed by atoms with Crippen LogP contribution < -0.4 is 20.7 Å². The van der Waals surface area contributed by atoms with Gasteiger partial charge in [-0.3, -0.25) is 0 Å². The Morgan fingerprint density at radius 1 is 1.48 bits per heavy atom. The zero-order valence-electron chi connectivity index (χ0n) is 13.8. The molecule has 3 N–H and O–H groups in total. The van der Waals surface area contributed by atoms with Gasteiger partial charge in [-0.25, -0.2) is 9.78 Å². The molecular weight excluding hydrogens is 294 g/mol. The van der Waals surface area contributed by atoms with Gasteiger partial charge in [0.1, 0.15) is 6.10 Å². The van der Waals surface area contributed by atoms with E-state index in [2.05, 4.69) is 27.9 Å². The van der Waals surface area contributed by atoms with Gasteiger partial charge in [0.25, 0.3) is 0 Å². The van der Waals surface area contributed by atoms with Gasteiger partial charge in [0.2, 0.25) is 5.88 Å². The molecule has 2 fully saturated rings. The number of nitrogens with one attached hydrogen (secondary N) is 3. The maximum absolute atomic E-state index is 12.3. The number of aryl methyl sites for hydroxylation is 1. The molecule has 23 heavy (non-hydrogen) atoms. The minimum atomic E-state index is -0.0723. The van der Waals surface area contributed by atoms with Gasteiger partial charge >= 0.3 is 6.03 Å². The SMILES string of the molecule is Cc1cc(OC2CCNC2)ncc1NC(=O)N1CCNC(C)C1. The number of hydrogen-bond donors (Lipinski definition) is 3. The second kappa shape index (κ2) is 7.14. The molecular formula is C16H25N5O2. The average Bonchev–Trinajstić information content (AvgIpc) is 3.03. The maximum atomic E-state index is 12.3. The van der Waals surface area contributed by atoms with E-state index in [1.54, 1.807) is 6.20 Å². The van der Waals surface area contributed by atoms with Crippen molar-refractivity contribution in [1.82, 2.24) is 20.5 Å². The van der Waals surface area contributed by atoms with Crippen molar-refractivity contribution in [2.24, 2.45) is 0 Å². The molecule has 3 rings (SSSR count). The summed E-state index contributed by atoms with van der Waals surface area (Å²) in [5.41, 5.74) is 1.69. The normalized spacial score (nSPS) is 24.5. The Hall–Kier alpha value is -1.86. The van der Waals surface area contributed by atoms with Crippen molar-refractivity contribution in [3.05, 3.63) is 17.8 Å². The van der Waals surface area contributed by atoms with Gasteiger partial charge in [0.05, 0.1) is 11.9 Å². The Kier molecular flexibility index (Phi) is 4.97. The zero-order valence-corrected chi connectivity index (χ0v) is 13.8. The maximum Gasteiger partial charge on any atom is 0.321 e. The first-order valence-corrected chi connectivity index (χ1v) is 8.25. The van der Waals surface area contributed by atoms with Crippen LogP contribution in [-0.4, -0.2) is 60.8 Å². The Balaban J connectivity index is 1.60. The van der Waals surface area contributed by atoms with E-state index in [1.165, 1.54) is 0 Å². The van der Waals surface area contributed by atoms with E-state index in [9.17, 15) is 4.79 Å². The summed E-state index contributed by atoms with van der Waals surface area (Å²) in [5.74, 6) is 0.616. The first kappa shape index (κ1) is 16.0. The number of piperazine rings is 1. The predicted molar refractivity (Wildman–Crippen MR) is 88.9 cm³/mol. The van der Waals surface area contributed by atoms with Crippen molar-refractivity contribution in [2.75, 3.05) is 38.0 Å². The number of pyridine rings is 1. The molecule has 2 unspecified atom stereocenters. The Morgan fingerprint density at radius 2 is 2.35 bits per heavy atom. The fourth-order valence-electron chi connectivity index (χ4n) is 2.94. The van der Waals surface area contributed by atoms with E-state index >= 15 is 0 Å². The Bertz CT molecular complexity index is 559. The summed E-state index contributed by atoms with van der Waals surface area (Å²) >= 11 is 0. The molecule has 0 aromatic carbocycles. The summed E-state index contributed by atoms with van der Waals surface area (Å²) in [6, 6.07) is 2.13. The van der Waals surface area contributed by atoms with Crippen LogP contribution in [0.5, 0.6) is 5.88 Å². The zero-order chi connectivity index (χ0) is 16.2. The lowest BCUT2D eigenvalue weighted by atomic mass is 10.2. The van der Waals surface area contributed by atoms with Crippen LogP contribution in [0.2, 0.25) is 0 Å². The number of aromatic nitrogens is 1. The third kappa shape index (κ3) is 4.11. The van der Waals surface area contributed by atoms with E-state index in [-0.39, 0.29) is 12.1 Å². The summed E-state index contributed by atoms with van der Waals surface area (Å²) in [4.78, 5) is 18.5. The molecule has 1 aromatic rings. The van der Waals surface area contributed by atoms with E-state index < -0.39 is 0 Å². The van der Waals surface area contributed by atoms with Gasteiger partial charge in [-0.15, -0.1) is 0 Å². The molecule has 0 radical (unpaired) electrons. The second-order valence-corrected chi connectivity index (χ2v) is 6.30. The monoisotopic (exact) mass is 319 g/mol. The van der Waals surface area contributed by atoms with Crippen LogP contribution in [0.3, 0.4) is 0 Å². The molecule has 2 aliphatic rings. The Morgan fingerprint density at radius 3 is 3.04 bits per heavy atom. The number of rotatable bonds is 3. The lowest BCUT2D eigenvalue weighted by Gasteiger charge is -2.32. The van der Waals surface area contributed by atoms with Gasteiger partial charge in [-0.1, -0.05) is 0 Å². The van der Waals surface area contributed by atoms with Crippen molar-refractivity contribution < 1.29 is 9.53 Å². The summed E-state index contributed by atoms with van der Waals surface area (Å²) in [7, 11) is 0. The number of anilines is 1. The van der Waals surface area contributed by atoms with Crippen LogP contribution in [0.1, 0.15) is 18.9 Å². The number of urea groups is 1. The molecule has 0 saturated carbocycles. The highest BCUT2D eigenvalue weighted by Gasteiger charge is 2.21. The van der Waals surface area contributed by atoms with Crippen LogP contribution in [-0.2, 0) is 0 Å². The van der Waals surface area contributed by atoms with Crippen LogP contribution >= 0.6 is 0 Å². The lowest BCUT2D eigenvalue weighted by Crippen LogP contribution is -2.52. The number of amides is 2. The molecule has 7 nitrogen and oxygen atoms in total. The summed E-state index contributed by atoms with van der Waals surface area (Å²) < 4.78 is 5.84. The van der Waals surface area contributed by atoms with E-state index in [0.29, 0.717) is 18.5 Å². The van der Waals surface area contributed by atoms with Crippen LogP contribution in [0, 0.1) is 6.92 Å². The topological polar surface area (TPSA) is 78.5 Å². The molecule has 0 aliphatic carbocycles. The summed E-state index contributed by atoms with van der Waals surface area (Å²) in [6.07, 6.45) is 2.86. The van der Waals surface area contributed by atoms with Crippen molar-refractivity contribution in [3.8, 4) is 5.88 Å². The molecule has 0 bridgehead atoms. The summed E-state index contributed by atoms with van der Waals surface area (Å²) in [5, 5.41) is 9.54. The third-order valence-electron chi connectivity index (χ3n) is 4.29. The minimum Gasteiger partial charge on any atom is -0.473 e. The van der Waals surface area contributed by atoms with Gasteiger partial charge in [-0.05, 0) is 32.4 Å². The number of carbonyl (C=O) groups is 1. The lowest BCUT2D eigenvalue weighted by molar-refractivity contribution is 0.192. The first-order chi connectivity index (χ1) is 11.1.